The van der Waals surface area contributed by atoms with Gasteiger partial charge in [-0.1, -0.05) is 47.7 Å². The molecule has 1 aromatic carbocycles. The zero-order valence-corrected chi connectivity index (χ0v) is 20.1. The minimum absolute atomic E-state index is 0.000614. The number of anilines is 1. The zero-order chi connectivity index (χ0) is 23.2. The van der Waals surface area contributed by atoms with Crippen LogP contribution >= 0.6 is 23.2 Å². The molecule has 8 nitrogen and oxygen atoms in total. The first kappa shape index (κ1) is 24.3. The van der Waals surface area contributed by atoms with Crippen LogP contribution in [0.15, 0.2) is 24.4 Å². The molecule has 3 N–H and O–H groups in total. The number of aliphatic hydroxyl groups excluding tert-OH is 1. The van der Waals surface area contributed by atoms with Crippen molar-refractivity contribution in [3.63, 3.8) is 0 Å². The average molecular weight is 496 g/mol. The van der Waals surface area contributed by atoms with E-state index in [2.05, 4.69) is 27.1 Å². The normalized spacial score (nSPS) is 23.9. The second-order valence-corrected chi connectivity index (χ2v) is 9.73. The van der Waals surface area contributed by atoms with E-state index in [0.29, 0.717) is 21.7 Å². The standard InChI is InChI=1S/C23H31Cl2N5O3/c24-18-8-6-16(12-19(18)25)26-23(32)27-20-9-7-17(33-22(20)14-31)10-11-30-13-21(28-29-30)15-4-2-1-3-5-15/h6,8,12-13,15,17,20,22,31H,1-5,7,9-11,14H2,(H2,26,27,32)/t17-,20+,22-/m1/s1. The number of aryl methyl sites for hydroxylation is 1. The minimum Gasteiger partial charge on any atom is -0.394 e. The highest BCUT2D eigenvalue weighted by atomic mass is 35.5. The van der Waals surface area contributed by atoms with Crippen LogP contribution in [0.25, 0.3) is 0 Å². The maximum atomic E-state index is 12.4. The number of halogens is 2. The largest absolute Gasteiger partial charge is 0.394 e. The number of nitrogens with one attached hydrogen (secondary N) is 2. The highest BCUT2D eigenvalue weighted by Crippen LogP contribution is 2.31. The van der Waals surface area contributed by atoms with Crippen LogP contribution in [-0.4, -0.2) is 51.0 Å². The third kappa shape index (κ3) is 6.59. The smallest absolute Gasteiger partial charge is 0.319 e. The van der Waals surface area contributed by atoms with Crippen molar-refractivity contribution in [2.24, 2.45) is 0 Å². The number of urea groups is 1. The fraction of sp³-hybridized carbons (Fsp3) is 0.609. The number of rotatable bonds is 7. The number of aliphatic hydroxyl groups is 1. The monoisotopic (exact) mass is 495 g/mol. The second-order valence-electron chi connectivity index (χ2n) is 8.92. The molecule has 1 saturated carbocycles. The molecule has 2 amide bonds. The molecule has 2 aromatic rings. The van der Waals surface area contributed by atoms with E-state index in [9.17, 15) is 9.90 Å². The summed E-state index contributed by atoms with van der Waals surface area (Å²) in [6.45, 7) is 0.557. The van der Waals surface area contributed by atoms with E-state index in [1.165, 1.54) is 32.1 Å². The van der Waals surface area contributed by atoms with E-state index >= 15 is 0 Å². The summed E-state index contributed by atoms with van der Waals surface area (Å²) in [4.78, 5) is 12.4. The third-order valence-electron chi connectivity index (χ3n) is 6.55. The van der Waals surface area contributed by atoms with E-state index in [-0.39, 0.29) is 24.8 Å². The van der Waals surface area contributed by atoms with E-state index in [1.54, 1.807) is 18.2 Å². The van der Waals surface area contributed by atoms with Crippen molar-refractivity contribution < 1.29 is 14.6 Å². The highest BCUT2D eigenvalue weighted by molar-refractivity contribution is 6.42. The molecular formula is C23H31Cl2N5O3. The summed E-state index contributed by atoms with van der Waals surface area (Å²) in [5, 5.41) is 24.9. The number of carbonyl (C=O) groups excluding carboxylic acids is 1. The van der Waals surface area contributed by atoms with Crippen LogP contribution in [0.5, 0.6) is 0 Å². The molecule has 4 rings (SSSR count). The van der Waals surface area contributed by atoms with Crippen molar-refractivity contribution >= 4 is 34.9 Å². The van der Waals surface area contributed by atoms with Gasteiger partial charge in [-0.2, -0.15) is 0 Å². The predicted molar refractivity (Wildman–Crippen MR) is 128 cm³/mol. The Morgan fingerprint density at radius 1 is 1.15 bits per heavy atom. The fourth-order valence-electron chi connectivity index (χ4n) is 4.70. The molecule has 1 aliphatic carbocycles. The van der Waals surface area contributed by atoms with Gasteiger partial charge < -0.3 is 20.5 Å². The predicted octanol–water partition coefficient (Wildman–Crippen LogP) is 4.75. The highest BCUT2D eigenvalue weighted by Gasteiger charge is 2.32. The molecule has 1 saturated heterocycles. The summed E-state index contributed by atoms with van der Waals surface area (Å²) in [7, 11) is 0. The molecule has 2 heterocycles. The number of carbonyl (C=O) groups is 1. The van der Waals surface area contributed by atoms with Crippen LogP contribution in [0.2, 0.25) is 10.0 Å². The van der Waals surface area contributed by atoms with Gasteiger partial charge >= 0.3 is 6.03 Å². The Hall–Kier alpha value is -1.87. The van der Waals surface area contributed by atoms with Crippen LogP contribution in [0.3, 0.4) is 0 Å². The Balaban J connectivity index is 1.24. The van der Waals surface area contributed by atoms with Crippen molar-refractivity contribution in [2.45, 2.75) is 82.1 Å². The van der Waals surface area contributed by atoms with Crippen LogP contribution in [0.4, 0.5) is 10.5 Å². The molecule has 180 valence electrons. The molecule has 0 spiro atoms. The van der Waals surface area contributed by atoms with Crippen molar-refractivity contribution in [2.75, 3.05) is 11.9 Å². The van der Waals surface area contributed by atoms with Gasteiger partial charge in [-0.25, -0.2) is 4.79 Å². The quantitative estimate of drug-likeness (QED) is 0.514. The topological polar surface area (TPSA) is 101 Å². The van der Waals surface area contributed by atoms with E-state index in [0.717, 1.165) is 31.5 Å². The fourth-order valence-corrected chi connectivity index (χ4v) is 5.00. The minimum atomic E-state index is -0.461. The van der Waals surface area contributed by atoms with E-state index in [1.807, 2.05) is 4.68 Å². The molecule has 2 fully saturated rings. The number of amides is 2. The summed E-state index contributed by atoms with van der Waals surface area (Å²) < 4.78 is 7.99. The average Bonchev–Trinajstić information content (AvgIpc) is 3.30. The first-order valence-electron chi connectivity index (χ1n) is 11.7. The Bertz CT molecular complexity index is 935. The lowest BCUT2D eigenvalue weighted by Crippen LogP contribution is -2.52. The summed E-state index contributed by atoms with van der Waals surface area (Å²) in [6.07, 6.45) is 10.2. The third-order valence-corrected chi connectivity index (χ3v) is 7.29. The molecular weight excluding hydrogens is 465 g/mol. The van der Waals surface area contributed by atoms with Crippen LogP contribution in [0, 0.1) is 0 Å². The van der Waals surface area contributed by atoms with E-state index < -0.39 is 6.10 Å². The van der Waals surface area contributed by atoms with Gasteiger partial charge in [0.25, 0.3) is 0 Å². The molecule has 2 aliphatic rings. The lowest BCUT2D eigenvalue weighted by atomic mass is 9.87. The van der Waals surface area contributed by atoms with Gasteiger partial charge in [-0.05, 0) is 50.3 Å². The maximum absolute atomic E-state index is 12.4. The first-order valence-corrected chi connectivity index (χ1v) is 12.5. The van der Waals surface area contributed by atoms with Crippen molar-refractivity contribution in [1.29, 1.82) is 0 Å². The Morgan fingerprint density at radius 2 is 1.97 bits per heavy atom. The lowest BCUT2D eigenvalue weighted by Gasteiger charge is -2.36. The SMILES string of the molecule is O=C(Nc1ccc(Cl)c(Cl)c1)N[C@H]1CC[C@H](CCn2cc(C3CCCCC3)nn2)O[C@@H]1CO. The number of hydrogen-bond acceptors (Lipinski definition) is 5. The molecule has 3 atom stereocenters. The first-order chi connectivity index (χ1) is 16.0. The van der Waals surface area contributed by atoms with Gasteiger partial charge in [0.05, 0.1) is 34.5 Å². The summed E-state index contributed by atoms with van der Waals surface area (Å²) in [5.74, 6) is 0.541. The van der Waals surface area contributed by atoms with Crippen molar-refractivity contribution in [3.8, 4) is 0 Å². The summed E-state index contributed by atoms with van der Waals surface area (Å²) in [6, 6.07) is 4.23. The molecule has 0 unspecified atom stereocenters. The molecule has 33 heavy (non-hydrogen) atoms. The molecule has 1 aromatic heterocycles. The van der Waals surface area contributed by atoms with Gasteiger partial charge in [0.2, 0.25) is 0 Å². The van der Waals surface area contributed by atoms with Crippen molar-refractivity contribution in [3.05, 3.63) is 40.1 Å². The number of nitrogens with zero attached hydrogens (tertiary/aromatic N) is 3. The molecule has 0 bridgehead atoms. The van der Waals surface area contributed by atoms with Gasteiger partial charge in [-0.15, -0.1) is 5.10 Å². The Labute approximate surface area is 204 Å². The number of ether oxygens (including phenoxy) is 1. The Morgan fingerprint density at radius 3 is 2.73 bits per heavy atom. The summed E-state index contributed by atoms with van der Waals surface area (Å²) >= 11 is 11.9. The number of benzene rings is 1. The van der Waals surface area contributed by atoms with Crippen LogP contribution < -0.4 is 10.6 Å². The van der Waals surface area contributed by atoms with Gasteiger partial charge in [-0.3, -0.25) is 4.68 Å². The van der Waals surface area contributed by atoms with Crippen LogP contribution in [0.1, 0.15) is 63.0 Å². The van der Waals surface area contributed by atoms with Gasteiger partial charge in [0, 0.05) is 24.3 Å². The van der Waals surface area contributed by atoms with Gasteiger partial charge in [0.1, 0.15) is 6.10 Å². The number of hydrogen-bond donors (Lipinski definition) is 3. The number of aromatic nitrogens is 3. The summed E-state index contributed by atoms with van der Waals surface area (Å²) in [5.41, 5.74) is 1.64. The maximum Gasteiger partial charge on any atom is 0.319 e. The molecule has 0 radical (unpaired) electrons. The molecule has 10 heteroatoms. The van der Waals surface area contributed by atoms with Crippen molar-refractivity contribution in [1.82, 2.24) is 20.3 Å². The van der Waals surface area contributed by atoms with Gasteiger partial charge in [0.15, 0.2) is 0 Å². The Kier molecular flexibility index (Phi) is 8.46. The van der Waals surface area contributed by atoms with E-state index in [4.69, 9.17) is 27.9 Å². The zero-order valence-electron chi connectivity index (χ0n) is 18.6. The molecule has 1 aliphatic heterocycles. The van der Waals surface area contributed by atoms with Crippen LogP contribution in [-0.2, 0) is 11.3 Å². The second kappa shape index (κ2) is 11.5. The lowest BCUT2D eigenvalue weighted by molar-refractivity contribution is -0.0905.